The Balaban J connectivity index is 2.11. The van der Waals surface area contributed by atoms with Gasteiger partial charge in [-0.15, -0.1) is 0 Å². The van der Waals surface area contributed by atoms with E-state index in [1.165, 1.54) is 25.8 Å². The molecule has 2 nitrogen and oxygen atoms in total. The first-order valence-electron chi connectivity index (χ1n) is 4.13. The van der Waals surface area contributed by atoms with E-state index in [1.54, 1.807) is 0 Å². The zero-order chi connectivity index (χ0) is 7.03. The van der Waals surface area contributed by atoms with Crippen molar-refractivity contribution in [3.63, 3.8) is 0 Å². The molecule has 0 aliphatic carbocycles. The summed E-state index contributed by atoms with van der Waals surface area (Å²) < 4.78 is 5.41. The molecule has 2 fully saturated rings. The first-order valence-corrected chi connectivity index (χ1v) is 4.13. The van der Waals surface area contributed by atoms with Crippen molar-refractivity contribution in [2.75, 3.05) is 26.8 Å². The van der Waals surface area contributed by atoms with Crippen LogP contribution in [0.25, 0.3) is 0 Å². The molecule has 2 aliphatic rings. The van der Waals surface area contributed by atoms with E-state index in [1.807, 2.05) is 0 Å². The Bertz CT molecular complexity index is 124. The van der Waals surface area contributed by atoms with Gasteiger partial charge in [0.2, 0.25) is 0 Å². The molecule has 0 unspecified atom stereocenters. The van der Waals surface area contributed by atoms with Crippen molar-refractivity contribution in [3.8, 4) is 0 Å². The van der Waals surface area contributed by atoms with Crippen molar-refractivity contribution < 1.29 is 4.74 Å². The van der Waals surface area contributed by atoms with Gasteiger partial charge < -0.3 is 4.74 Å². The van der Waals surface area contributed by atoms with Crippen LogP contribution in [0.2, 0.25) is 0 Å². The van der Waals surface area contributed by atoms with Gasteiger partial charge in [0.25, 0.3) is 0 Å². The number of likely N-dealkylation sites (N-methyl/N-ethyl adjacent to an activating group) is 1. The molecule has 1 spiro atoms. The number of ether oxygens (including phenoxy) is 1. The quantitative estimate of drug-likeness (QED) is 0.496. The Morgan fingerprint density at radius 2 is 2.30 bits per heavy atom. The normalized spacial score (nSPS) is 41.7. The Hall–Kier alpha value is -0.0800. The summed E-state index contributed by atoms with van der Waals surface area (Å²) in [5.74, 6) is 0. The van der Waals surface area contributed by atoms with Gasteiger partial charge in [0.1, 0.15) is 0 Å². The highest BCUT2D eigenvalue weighted by atomic mass is 16.5. The SMILES string of the molecule is CN1CCC[C@@]12CCOC2. The highest BCUT2D eigenvalue weighted by Gasteiger charge is 2.41. The molecule has 0 N–H and O–H groups in total. The van der Waals surface area contributed by atoms with Gasteiger partial charge >= 0.3 is 0 Å². The van der Waals surface area contributed by atoms with Crippen LogP contribution in [0.1, 0.15) is 19.3 Å². The maximum atomic E-state index is 5.41. The first-order chi connectivity index (χ1) is 4.83. The molecule has 0 bridgehead atoms. The lowest BCUT2D eigenvalue weighted by molar-refractivity contribution is 0.121. The predicted molar refractivity (Wildman–Crippen MR) is 40.0 cm³/mol. The molecule has 2 rings (SSSR count). The van der Waals surface area contributed by atoms with E-state index >= 15 is 0 Å². The summed E-state index contributed by atoms with van der Waals surface area (Å²) in [4.78, 5) is 2.47. The zero-order valence-corrected chi connectivity index (χ0v) is 6.60. The van der Waals surface area contributed by atoms with E-state index in [2.05, 4.69) is 11.9 Å². The maximum Gasteiger partial charge on any atom is 0.0651 e. The Morgan fingerprint density at radius 1 is 1.40 bits per heavy atom. The molecule has 0 aromatic rings. The van der Waals surface area contributed by atoms with Crippen LogP contribution < -0.4 is 0 Å². The summed E-state index contributed by atoms with van der Waals surface area (Å²) in [6.07, 6.45) is 3.97. The van der Waals surface area contributed by atoms with Gasteiger partial charge in [-0.05, 0) is 32.9 Å². The average molecular weight is 141 g/mol. The van der Waals surface area contributed by atoms with E-state index in [0.29, 0.717) is 5.54 Å². The molecule has 0 amide bonds. The molecule has 2 heteroatoms. The van der Waals surface area contributed by atoms with Gasteiger partial charge in [0.15, 0.2) is 0 Å². The van der Waals surface area contributed by atoms with Crippen LogP contribution >= 0.6 is 0 Å². The van der Waals surface area contributed by atoms with Gasteiger partial charge in [-0.2, -0.15) is 0 Å². The second-order valence-corrected chi connectivity index (χ2v) is 3.55. The van der Waals surface area contributed by atoms with Crippen molar-refractivity contribution in [2.24, 2.45) is 0 Å². The number of rotatable bonds is 0. The van der Waals surface area contributed by atoms with Crippen LogP contribution in [0.15, 0.2) is 0 Å². The van der Waals surface area contributed by atoms with E-state index in [-0.39, 0.29) is 0 Å². The summed E-state index contributed by atoms with van der Waals surface area (Å²) in [5, 5.41) is 0. The van der Waals surface area contributed by atoms with Crippen LogP contribution in [-0.2, 0) is 4.74 Å². The largest absolute Gasteiger partial charge is 0.379 e. The van der Waals surface area contributed by atoms with Gasteiger partial charge in [0.05, 0.1) is 6.61 Å². The standard InChI is InChI=1S/C8H15NO/c1-9-5-2-3-8(9)4-6-10-7-8/h2-7H2,1H3/t8-/m0/s1. The van der Waals surface area contributed by atoms with Crippen LogP contribution in [0.4, 0.5) is 0 Å². The third-order valence-electron chi connectivity index (χ3n) is 3.03. The highest BCUT2D eigenvalue weighted by Crippen LogP contribution is 2.34. The molecular weight excluding hydrogens is 126 g/mol. The minimum atomic E-state index is 0.458. The van der Waals surface area contributed by atoms with E-state index in [0.717, 1.165) is 13.2 Å². The minimum absolute atomic E-state index is 0.458. The summed E-state index contributed by atoms with van der Waals surface area (Å²) in [6.45, 7) is 3.22. The first kappa shape index (κ1) is 6.62. The second kappa shape index (κ2) is 2.21. The molecular formula is C8H15NO. The average Bonchev–Trinajstić information content (AvgIpc) is 2.48. The topological polar surface area (TPSA) is 12.5 Å². The van der Waals surface area contributed by atoms with Gasteiger partial charge in [0, 0.05) is 12.1 Å². The number of hydrogen-bond acceptors (Lipinski definition) is 2. The number of likely N-dealkylation sites (tertiary alicyclic amines) is 1. The highest BCUT2D eigenvalue weighted by molar-refractivity contribution is 4.96. The summed E-state index contributed by atoms with van der Waals surface area (Å²) >= 11 is 0. The molecule has 58 valence electrons. The zero-order valence-electron chi connectivity index (χ0n) is 6.60. The van der Waals surface area contributed by atoms with E-state index in [9.17, 15) is 0 Å². The van der Waals surface area contributed by atoms with E-state index in [4.69, 9.17) is 4.74 Å². The lowest BCUT2D eigenvalue weighted by Gasteiger charge is -2.29. The monoisotopic (exact) mass is 141 g/mol. The Labute approximate surface area is 62.2 Å². The minimum Gasteiger partial charge on any atom is -0.379 e. The third kappa shape index (κ3) is 0.789. The fourth-order valence-electron chi connectivity index (χ4n) is 2.17. The lowest BCUT2D eigenvalue weighted by atomic mass is 9.96. The van der Waals surface area contributed by atoms with Crippen molar-refractivity contribution >= 4 is 0 Å². The predicted octanol–water partition coefficient (Wildman–Crippen LogP) is 0.871. The molecule has 0 aromatic heterocycles. The second-order valence-electron chi connectivity index (χ2n) is 3.55. The van der Waals surface area contributed by atoms with Crippen molar-refractivity contribution in [2.45, 2.75) is 24.8 Å². The van der Waals surface area contributed by atoms with Crippen molar-refractivity contribution in [1.82, 2.24) is 4.90 Å². The van der Waals surface area contributed by atoms with Gasteiger partial charge in [-0.1, -0.05) is 0 Å². The maximum absolute atomic E-state index is 5.41. The molecule has 0 aromatic carbocycles. The molecule has 0 saturated carbocycles. The van der Waals surface area contributed by atoms with Crippen LogP contribution in [-0.4, -0.2) is 37.2 Å². The van der Waals surface area contributed by atoms with Gasteiger partial charge in [-0.25, -0.2) is 0 Å². The summed E-state index contributed by atoms with van der Waals surface area (Å²) in [6, 6.07) is 0. The van der Waals surface area contributed by atoms with Gasteiger partial charge in [-0.3, -0.25) is 4.90 Å². The molecule has 2 aliphatic heterocycles. The van der Waals surface area contributed by atoms with Crippen molar-refractivity contribution in [3.05, 3.63) is 0 Å². The van der Waals surface area contributed by atoms with E-state index < -0.39 is 0 Å². The fourth-order valence-corrected chi connectivity index (χ4v) is 2.17. The molecule has 2 saturated heterocycles. The third-order valence-corrected chi connectivity index (χ3v) is 3.03. The number of nitrogens with zero attached hydrogens (tertiary/aromatic N) is 1. The fraction of sp³-hybridized carbons (Fsp3) is 1.00. The summed E-state index contributed by atoms with van der Waals surface area (Å²) in [7, 11) is 2.22. The lowest BCUT2D eigenvalue weighted by Crippen LogP contribution is -2.41. The van der Waals surface area contributed by atoms with Crippen LogP contribution in [0.5, 0.6) is 0 Å². The Kier molecular flexibility index (Phi) is 1.46. The van der Waals surface area contributed by atoms with Crippen LogP contribution in [0, 0.1) is 0 Å². The Morgan fingerprint density at radius 3 is 2.80 bits per heavy atom. The number of hydrogen-bond donors (Lipinski definition) is 0. The molecule has 1 atom stereocenters. The molecule has 10 heavy (non-hydrogen) atoms. The molecule has 0 radical (unpaired) electrons. The van der Waals surface area contributed by atoms with Crippen molar-refractivity contribution in [1.29, 1.82) is 0 Å². The summed E-state index contributed by atoms with van der Waals surface area (Å²) in [5.41, 5.74) is 0.458. The smallest absolute Gasteiger partial charge is 0.0651 e. The van der Waals surface area contributed by atoms with Crippen LogP contribution in [0.3, 0.4) is 0 Å². The molecule has 2 heterocycles.